The number of aliphatic hydroxyl groups excluding tert-OH is 2. The van der Waals surface area contributed by atoms with Crippen LogP contribution in [0.1, 0.15) is 38.7 Å². The fourth-order valence-electron chi connectivity index (χ4n) is 4.11. The molecule has 20 heteroatoms. The van der Waals surface area contributed by atoms with Gasteiger partial charge in [0.05, 0.1) is 32.0 Å². The number of nitrogens with two attached hydrogens (primary N) is 2. The summed E-state index contributed by atoms with van der Waals surface area (Å²) in [5, 5.41) is 41.7. The summed E-state index contributed by atoms with van der Waals surface area (Å²) in [4.78, 5) is 104. The Bertz CT molecular complexity index is 1310. The number of amides is 7. The second-order valence-electron chi connectivity index (χ2n) is 11.2. The summed E-state index contributed by atoms with van der Waals surface area (Å²) in [5.41, 5.74) is 11.4. The highest BCUT2D eigenvalue weighted by Gasteiger charge is 2.33. The van der Waals surface area contributed by atoms with Crippen LogP contribution in [-0.4, -0.2) is 124 Å². The number of aliphatic carboxylic acids is 1. The van der Waals surface area contributed by atoms with E-state index in [4.69, 9.17) is 21.7 Å². The van der Waals surface area contributed by atoms with Crippen LogP contribution in [0.3, 0.4) is 0 Å². The van der Waals surface area contributed by atoms with Crippen LogP contribution in [0.25, 0.3) is 0 Å². The van der Waals surface area contributed by atoms with Crippen molar-refractivity contribution in [1.82, 2.24) is 36.9 Å². The molecule has 49 heavy (non-hydrogen) atoms. The molecule has 0 aliphatic carbocycles. The molecule has 272 valence electrons. The van der Waals surface area contributed by atoms with Gasteiger partial charge in [-0.2, -0.15) is 0 Å². The highest BCUT2D eigenvalue weighted by Crippen LogP contribution is 2.06. The number of nitrogens with one attached hydrogen (secondary N) is 6. The SMILES string of the molecule is CC(C)C(NC(=O)C(CO)NC(=O)C(CC(N)=O)NC(=O)C(Cc1cccnc1)NC(=O)C(N)CC(=O)O)C(=O)NCC(=O)NCCCO. The number of carboxylic acid groups (broad SMARTS) is 1. The third-order valence-corrected chi connectivity index (χ3v) is 6.71. The van der Waals surface area contributed by atoms with Crippen molar-refractivity contribution >= 4 is 47.3 Å². The standard InChI is InChI=1S/C29H45N9O11/c1-15(2)24(29(49)34-13-22(42)33-7-4-8-39)38-28(48)20(14-40)37-27(47)19(11-21(31)41)36-26(46)18(9-16-5-3-6-32-12-16)35-25(45)17(30)10-23(43)44/h3,5-6,12,15,17-20,24,39-40H,4,7-11,13-14,30H2,1-2H3,(H2,31,41)(H,33,42)(H,34,49)(H,35,45)(H,36,46)(H,37,47)(H,38,48)(H,43,44). The van der Waals surface area contributed by atoms with E-state index in [2.05, 4.69) is 36.9 Å². The molecular formula is C29H45N9O11. The van der Waals surface area contributed by atoms with Crippen LogP contribution in [-0.2, 0) is 44.8 Å². The summed E-state index contributed by atoms with van der Waals surface area (Å²) in [6.45, 7) is 1.83. The molecule has 7 amide bonds. The predicted octanol–water partition coefficient (Wildman–Crippen LogP) is -5.50. The van der Waals surface area contributed by atoms with Gasteiger partial charge in [0.1, 0.15) is 24.2 Å². The molecule has 1 aromatic rings. The second-order valence-corrected chi connectivity index (χ2v) is 11.2. The van der Waals surface area contributed by atoms with E-state index in [1.54, 1.807) is 26.0 Å². The van der Waals surface area contributed by atoms with E-state index in [1.165, 1.54) is 12.4 Å². The Labute approximate surface area is 281 Å². The lowest BCUT2D eigenvalue weighted by Crippen LogP contribution is -2.61. The zero-order valence-electron chi connectivity index (χ0n) is 27.1. The van der Waals surface area contributed by atoms with Crippen molar-refractivity contribution in [2.75, 3.05) is 26.3 Å². The van der Waals surface area contributed by atoms with Crippen molar-refractivity contribution < 1.29 is 53.7 Å². The molecular weight excluding hydrogens is 650 g/mol. The number of carbonyl (C=O) groups excluding carboxylic acids is 7. The summed E-state index contributed by atoms with van der Waals surface area (Å²) in [6, 6.07) is -4.46. The topological polar surface area (TPSA) is 334 Å². The Morgan fingerprint density at radius 3 is 1.98 bits per heavy atom. The molecule has 0 aliphatic rings. The average Bonchev–Trinajstić information content (AvgIpc) is 3.03. The number of nitrogens with zero attached hydrogens (tertiary/aromatic N) is 1. The first-order valence-electron chi connectivity index (χ1n) is 15.2. The maximum Gasteiger partial charge on any atom is 0.305 e. The van der Waals surface area contributed by atoms with Gasteiger partial charge >= 0.3 is 5.97 Å². The average molecular weight is 696 g/mol. The molecule has 0 aliphatic heterocycles. The monoisotopic (exact) mass is 695 g/mol. The van der Waals surface area contributed by atoms with E-state index in [-0.39, 0.29) is 19.6 Å². The molecule has 0 saturated carbocycles. The van der Waals surface area contributed by atoms with Crippen molar-refractivity contribution in [3.05, 3.63) is 30.1 Å². The van der Waals surface area contributed by atoms with Crippen LogP contribution in [0, 0.1) is 5.92 Å². The fraction of sp³-hybridized carbons (Fsp3) is 0.552. The summed E-state index contributed by atoms with van der Waals surface area (Å²) in [7, 11) is 0. The minimum atomic E-state index is -1.72. The molecule has 1 heterocycles. The Kier molecular flexibility index (Phi) is 18.4. The van der Waals surface area contributed by atoms with Crippen LogP contribution in [0.4, 0.5) is 0 Å². The number of aromatic nitrogens is 1. The highest BCUT2D eigenvalue weighted by atomic mass is 16.4. The number of pyridine rings is 1. The summed E-state index contributed by atoms with van der Waals surface area (Å²) < 4.78 is 0. The number of aliphatic hydroxyl groups is 2. The van der Waals surface area contributed by atoms with Crippen LogP contribution >= 0.6 is 0 Å². The molecule has 0 saturated heterocycles. The lowest BCUT2D eigenvalue weighted by atomic mass is 10.0. The predicted molar refractivity (Wildman–Crippen MR) is 169 cm³/mol. The van der Waals surface area contributed by atoms with Crippen molar-refractivity contribution in [3.8, 4) is 0 Å². The Morgan fingerprint density at radius 2 is 1.43 bits per heavy atom. The van der Waals surface area contributed by atoms with Gasteiger partial charge in [0.2, 0.25) is 41.4 Å². The summed E-state index contributed by atoms with van der Waals surface area (Å²) in [6.07, 6.45) is 1.44. The number of primary amides is 1. The molecule has 0 spiro atoms. The molecule has 13 N–H and O–H groups in total. The number of hydrogen-bond acceptors (Lipinski definition) is 12. The van der Waals surface area contributed by atoms with Gasteiger partial charge in [0.25, 0.3) is 0 Å². The van der Waals surface area contributed by atoms with Gasteiger partial charge in [0, 0.05) is 32.0 Å². The van der Waals surface area contributed by atoms with Gasteiger partial charge in [-0.05, 0) is 24.0 Å². The number of carboxylic acids is 1. The van der Waals surface area contributed by atoms with Gasteiger partial charge in [-0.25, -0.2) is 0 Å². The smallest absolute Gasteiger partial charge is 0.305 e. The van der Waals surface area contributed by atoms with Crippen molar-refractivity contribution in [1.29, 1.82) is 0 Å². The maximum atomic E-state index is 13.3. The normalized spacial score (nSPS) is 13.8. The van der Waals surface area contributed by atoms with Crippen LogP contribution in [0.5, 0.6) is 0 Å². The van der Waals surface area contributed by atoms with Gasteiger partial charge in [-0.3, -0.25) is 43.3 Å². The van der Waals surface area contributed by atoms with E-state index in [0.29, 0.717) is 12.0 Å². The highest BCUT2D eigenvalue weighted by molar-refractivity contribution is 5.98. The van der Waals surface area contributed by atoms with Gasteiger partial charge < -0.3 is 58.7 Å². The van der Waals surface area contributed by atoms with Crippen molar-refractivity contribution in [2.24, 2.45) is 17.4 Å². The van der Waals surface area contributed by atoms with Crippen molar-refractivity contribution in [2.45, 2.75) is 69.7 Å². The molecule has 0 radical (unpaired) electrons. The van der Waals surface area contributed by atoms with Gasteiger partial charge in [-0.15, -0.1) is 0 Å². The molecule has 20 nitrogen and oxygen atoms in total. The van der Waals surface area contributed by atoms with Crippen LogP contribution in [0.15, 0.2) is 24.5 Å². The fourth-order valence-corrected chi connectivity index (χ4v) is 4.11. The zero-order chi connectivity index (χ0) is 37.1. The number of carbonyl (C=O) groups is 8. The van der Waals surface area contributed by atoms with Crippen LogP contribution < -0.4 is 43.4 Å². The zero-order valence-corrected chi connectivity index (χ0v) is 27.1. The minimum Gasteiger partial charge on any atom is -0.481 e. The summed E-state index contributed by atoms with van der Waals surface area (Å²) in [5.74, 6) is -8.37. The largest absolute Gasteiger partial charge is 0.481 e. The van der Waals surface area contributed by atoms with E-state index < -0.39 is 109 Å². The maximum absolute atomic E-state index is 13.3. The van der Waals surface area contributed by atoms with E-state index >= 15 is 0 Å². The third-order valence-electron chi connectivity index (χ3n) is 6.71. The first-order valence-corrected chi connectivity index (χ1v) is 15.2. The van der Waals surface area contributed by atoms with Crippen molar-refractivity contribution in [3.63, 3.8) is 0 Å². The Hall–Kier alpha value is -5.21. The van der Waals surface area contributed by atoms with E-state index in [1.807, 2.05) is 0 Å². The molecule has 1 rings (SSSR count). The minimum absolute atomic E-state index is 0.136. The Balaban J connectivity index is 3.07. The van der Waals surface area contributed by atoms with Gasteiger partial charge in [-0.1, -0.05) is 19.9 Å². The first-order chi connectivity index (χ1) is 23.1. The lowest BCUT2D eigenvalue weighted by molar-refractivity contribution is -0.140. The first kappa shape index (κ1) is 41.8. The molecule has 5 atom stereocenters. The third kappa shape index (κ3) is 16.0. The van der Waals surface area contributed by atoms with Gasteiger partial charge in [0.15, 0.2) is 0 Å². The molecule has 0 aromatic carbocycles. The van der Waals surface area contributed by atoms with Crippen LogP contribution in [0.2, 0.25) is 0 Å². The second kappa shape index (κ2) is 21.6. The quantitative estimate of drug-likeness (QED) is 0.0505. The molecule has 0 fully saturated rings. The van der Waals surface area contributed by atoms with E-state index in [0.717, 1.165) is 0 Å². The van der Waals surface area contributed by atoms with E-state index in [9.17, 15) is 43.5 Å². The Morgan fingerprint density at radius 1 is 0.816 bits per heavy atom. The number of hydrogen-bond donors (Lipinski definition) is 11. The number of rotatable bonds is 22. The molecule has 5 unspecified atom stereocenters. The molecule has 0 bridgehead atoms. The lowest BCUT2D eigenvalue weighted by Gasteiger charge is -2.26. The summed E-state index contributed by atoms with van der Waals surface area (Å²) >= 11 is 0. The molecule has 1 aromatic heterocycles.